The molecule has 0 amide bonds. The molecule has 0 heterocycles. The smallest absolute Gasteiger partial charge is 0 e. The van der Waals surface area contributed by atoms with Gasteiger partial charge in [0.25, 0.3) is 0 Å². The Balaban J connectivity index is 0. The van der Waals surface area contributed by atoms with Gasteiger partial charge in [0.15, 0.2) is 17.4 Å². The van der Waals surface area contributed by atoms with Gasteiger partial charge in [-0.05, 0) is 0 Å². The van der Waals surface area contributed by atoms with Crippen LogP contribution in [0.4, 0.5) is 0 Å². The molecule has 0 spiro atoms. The summed E-state index contributed by atoms with van der Waals surface area (Å²) in [6.45, 7) is 0. The van der Waals surface area contributed by atoms with Crippen LogP contribution in [0.15, 0.2) is 0 Å². The third-order valence-electron chi connectivity index (χ3n) is 0. The molecular formula is H6AlLiSnTi. The predicted molar refractivity (Wildman–Crippen MR) is 25.6 cm³/mol. The summed E-state index contributed by atoms with van der Waals surface area (Å²) in [7, 11) is 0. The van der Waals surface area contributed by atoms with E-state index in [1.54, 1.807) is 0 Å². The normalized spacial score (nSPS) is 0. The standard InChI is InChI=1S/Al.Li.Sn.Ti.6H. The summed E-state index contributed by atoms with van der Waals surface area (Å²) in [5.74, 6) is 0. The van der Waals surface area contributed by atoms with Crippen LogP contribution in [-0.2, 0) is 21.7 Å². The van der Waals surface area contributed by atoms with Crippen molar-refractivity contribution in [2.75, 3.05) is 0 Å². The topological polar surface area (TPSA) is 0 Å². The van der Waals surface area contributed by atoms with Crippen molar-refractivity contribution in [3.8, 4) is 0 Å². The monoisotopic (exact) mass is 208 g/mol. The van der Waals surface area contributed by atoms with Gasteiger partial charge in [-0.15, -0.1) is 0 Å². The fourth-order valence-corrected chi connectivity index (χ4v) is 0. The molecule has 0 rings (SSSR count). The maximum atomic E-state index is 0. The second-order valence-electron chi connectivity index (χ2n) is 0. The van der Waals surface area contributed by atoms with Crippen molar-refractivity contribution in [3.63, 3.8) is 0 Å². The molecule has 0 aromatic carbocycles. The molecule has 0 aromatic rings. The van der Waals surface area contributed by atoms with Crippen molar-refractivity contribution in [3.05, 3.63) is 0 Å². The van der Waals surface area contributed by atoms with Crippen LogP contribution in [0.2, 0.25) is 0 Å². The van der Waals surface area contributed by atoms with Crippen molar-refractivity contribution >= 4 is 60.1 Å². The summed E-state index contributed by atoms with van der Waals surface area (Å²) in [4.78, 5) is 0. The number of hydrogen-bond donors (Lipinski definition) is 0. The van der Waals surface area contributed by atoms with Crippen molar-refractivity contribution in [2.24, 2.45) is 0 Å². The molecule has 0 aliphatic carbocycles. The van der Waals surface area contributed by atoms with Gasteiger partial charge >= 0.3 is 42.8 Å². The quantitative estimate of drug-likeness (QED) is 0.377. The molecule has 0 bridgehead atoms. The second-order valence-corrected chi connectivity index (χ2v) is 0. The first-order valence-electron chi connectivity index (χ1n) is 0. The van der Waals surface area contributed by atoms with Crippen LogP contribution in [-0.4, -0.2) is 60.1 Å². The minimum atomic E-state index is 0. The molecule has 0 N–H and O–H groups in total. The van der Waals surface area contributed by atoms with Gasteiger partial charge in [0.1, 0.15) is 0 Å². The molecule has 0 aromatic heterocycles. The third kappa shape index (κ3) is 8.82. The maximum absolute atomic E-state index is 0. The Bertz CT molecular complexity index is 8.00. The molecule has 4 heteroatoms. The van der Waals surface area contributed by atoms with Crippen LogP contribution in [0.5, 0.6) is 0 Å². The minimum Gasteiger partial charge on any atom is 0 e. The predicted octanol–water partition coefficient (Wildman–Crippen LogP) is -2.75. The summed E-state index contributed by atoms with van der Waals surface area (Å²) >= 11 is 0. The van der Waals surface area contributed by atoms with Gasteiger partial charge in [-0.3, -0.25) is 0 Å². The van der Waals surface area contributed by atoms with Gasteiger partial charge in [-0.2, -0.15) is 0 Å². The Labute approximate surface area is 80.6 Å². The Morgan fingerprint density at radius 2 is 1.00 bits per heavy atom. The Morgan fingerprint density at radius 1 is 1.00 bits per heavy atom. The van der Waals surface area contributed by atoms with E-state index in [0.29, 0.717) is 0 Å². The number of hydrogen-bond acceptors (Lipinski definition) is 0. The van der Waals surface area contributed by atoms with Crippen LogP contribution in [0.25, 0.3) is 0 Å². The summed E-state index contributed by atoms with van der Waals surface area (Å²) in [6.07, 6.45) is 0. The van der Waals surface area contributed by atoms with E-state index in [1.165, 1.54) is 0 Å². The first-order chi connectivity index (χ1) is 0. The fourth-order valence-electron chi connectivity index (χ4n) is 0. The van der Waals surface area contributed by atoms with Crippen molar-refractivity contribution in [1.29, 1.82) is 0 Å². The molecule has 0 nitrogen and oxygen atoms in total. The third-order valence-corrected chi connectivity index (χ3v) is 0. The molecule has 0 atom stereocenters. The zero-order chi connectivity index (χ0) is 0. The van der Waals surface area contributed by atoms with E-state index in [-0.39, 0.29) is 81.8 Å². The molecule has 0 aliphatic heterocycles. The molecular weight excluding hydrogens is 201 g/mol. The zero-order valence-electron chi connectivity index (χ0n) is 1.21. The van der Waals surface area contributed by atoms with Gasteiger partial charge in [-0.1, -0.05) is 0 Å². The first-order valence-corrected chi connectivity index (χ1v) is 0. The molecule has 4 heavy (non-hydrogen) atoms. The van der Waals surface area contributed by atoms with E-state index in [4.69, 9.17) is 0 Å². The van der Waals surface area contributed by atoms with Crippen molar-refractivity contribution in [2.45, 2.75) is 0 Å². The molecule has 2 radical (unpaired) electrons. The molecule has 0 fully saturated rings. The molecule has 0 saturated heterocycles. The number of rotatable bonds is 0. The summed E-state index contributed by atoms with van der Waals surface area (Å²) < 4.78 is 0. The zero-order valence-corrected chi connectivity index (χ0v) is 6.80. The van der Waals surface area contributed by atoms with E-state index in [1.807, 2.05) is 0 Å². The van der Waals surface area contributed by atoms with E-state index >= 15 is 0 Å². The van der Waals surface area contributed by atoms with Crippen LogP contribution in [0, 0.1) is 0 Å². The molecule has 0 unspecified atom stereocenters. The molecule has 0 aliphatic rings. The fraction of sp³-hybridized carbons (Fsp3) is 0. The van der Waals surface area contributed by atoms with Crippen molar-refractivity contribution in [1.82, 2.24) is 0 Å². The van der Waals surface area contributed by atoms with Gasteiger partial charge in [-0.25, -0.2) is 0 Å². The maximum Gasteiger partial charge on any atom is 0 e. The van der Waals surface area contributed by atoms with E-state index in [0.717, 1.165) is 0 Å². The van der Waals surface area contributed by atoms with E-state index < -0.39 is 0 Å². The minimum absolute atomic E-state index is 0. The van der Waals surface area contributed by atoms with Gasteiger partial charge < -0.3 is 0 Å². The SMILES string of the molecule is [AlH3].[LiH].[SnH2].[Ti]. The Kier molecular flexibility index (Phi) is 132. The van der Waals surface area contributed by atoms with Crippen LogP contribution in [0.1, 0.15) is 0 Å². The largest absolute Gasteiger partial charge is 0 e. The van der Waals surface area contributed by atoms with Crippen molar-refractivity contribution < 1.29 is 21.7 Å². The van der Waals surface area contributed by atoms with Crippen LogP contribution in [0.3, 0.4) is 0 Å². The molecule has 0 saturated carbocycles. The Hall–Kier alpha value is 2.64. The Morgan fingerprint density at radius 3 is 1.00 bits per heavy atom. The van der Waals surface area contributed by atoms with E-state index in [2.05, 4.69) is 0 Å². The average Bonchev–Trinajstić information content (AvgIpc) is 0. The van der Waals surface area contributed by atoms with Crippen LogP contribution >= 0.6 is 0 Å². The molecule has 18 valence electrons. The first kappa shape index (κ1) is 30.3. The average molecular weight is 207 g/mol. The van der Waals surface area contributed by atoms with Gasteiger partial charge in [0.05, 0.1) is 0 Å². The summed E-state index contributed by atoms with van der Waals surface area (Å²) in [5, 5.41) is 0. The van der Waals surface area contributed by atoms with E-state index in [9.17, 15) is 0 Å². The van der Waals surface area contributed by atoms with Gasteiger partial charge in [0.2, 0.25) is 0 Å². The summed E-state index contributed by atoms with van der Waals surface area (Å²) in [5.41, 5.74) is 0. The van der Waals surface area contributed by atoms with Gasteiger partial charge in [0, 0.05) is 21.7 Å². The van der Waals surface area contributed by atoms with Crippen LogP contribution < -0.4 is 0 Å². The second kappa shape index (κ2) is 17.4. The summed E-state index contributed by atoms with van der Waals surface area (Å²) in [6, 6.07) is 0.